The van der Waals surface area contributed by atoms with Gasteiger partial charge in [0.1, 0.15) is 6.61 Å². The molecular weight excluding hydrogens is 639 g/mol. The molecule has 0 saturated carbocycles. The Morgan fingerprint density at radius 1 is 0.425 bits per heavy atom. The van der Waals surface area contributed by atoms with Gasteiger partial charge in [0.25, 0.3) is 0 Å². The monoisotopic (exact) mass is 694 g/mol. The molecule has 0 spiro atoms. The molecule has 11 nitrogen and oxygen atoms in total. The smallest absolute Gasteiger partial charge is 0.305 e. The maximum atomic E-state index is 11.2. The largest absolute Gasteiger partial charge is 0.463 e. The normalized spacial score (nSPS) is 11.3. The second-order valence-corrected chi connectivity index (χ2v) is 9.66. The lowest BCUT2D eigenvalue weighted by Crippen LogP contribution is -2.15. The Labute approximate surface area is 255 Å². The third-order valence-corrected chi connectivity index (χ3v) is 5.86. The lowest BCUT2D eigenvalue weighted by atomic mass is 10.2. The van der Waals surface area contributed by atoms with E-state index in [9.17, 15) is 4.79 Å². The fourth-order valence-electron chi connectivity index (χ4n) is 3.00. The van der Waals surface area contributed by atoms with Gasteiger partial charge in [-0.3, -0.25) is 4.79 Å². The second kappa shape index (κ2) is 36.9. The minimum Gasteiger partial charge on any atom is -0.463 e. The molecule has 0 saturated heterocycles. The van der Waals surface area contributed by atoms with Crippen LogP contribution in [0, 0.1) is 0 Å². The number of alkyl halides is 1. The summed E-state index contributed by atoms with van der Waals surface area (Å²) in [6, 6.07) is 0. The first-order chi connectivity index (χ1) is 19.8. The van der Waals surface area contributed by atoms with Gasteiger partial charge in [0, 0.05) is 13.0 Å². The fourth-order valence-corrected chi connectivity index (χ4v) is 3.54. The Balaban J connectivity index is 3.04. The Morgan fingerprint density at radius 3 is 1.05 bits per heavy atom. The zero-order valence-electron chi connectivity index (χ0n) is 24.8. The number of rotatable bonds is 35. The summed E-state index contributed by atoms with van der Waals surface area (Å²) in [5.74, 6) is -0.184. The van der Waals surface area contributed by atoms with Crippen molar-refractivity contribution in [3.63, 3.8) is 0 Å². The number of carbonyl (C=O) groups excluding carboxylic acids is 1. The van der Waals surface area contributed by atoms with Gasteiger partial charge >= 0.3 is 5.97 Å². The molecule has 0 aromatic rings. The van der Waals surface area contributed by atoms with E-state index in [0.29, 0.717) is 119 Å². The number of halogens is 1. The van der Waals surface area contributed by atoms with E-state index in [4.69, 9.17) is 47.4 Å². The molecule has 0 fully saturated rings. The van der Waals surface area contributed by atoms with Crippen molar-refractivity contribution in [1.82, 2.24) is 0 Å². The van der Waals surface area contributed by atoms with Crippen LogP contribution in [-0.2, 0) is 52.2 Å². The Morgan fingerprint density at radius 2 is 0.725 bits per heavy atom. The van der Waals surface area contributed by atoms with E-state index >= 15 is 0 Å². The summed E-state index contributed by atoms with van der Waals surface area (Å²) in [5.41, 5.74) is 0. The molecule has 0 N–H and O–H groups in total. The first-order valence-electron chi connectivity index (χ1n) is 14.7. The van der Waals surface area contributed by atoms with Crippen molar-refractivity contribution in [2.45, 2.75) is 45.4 Å². The Kier molecular flexibility index (Phi) is 36.7. The molecule has 0 amide bonds. The van der Waals surface area contributed by atoms with E-state index in [1.165, 1.54) is 23.7 Å². The van der Waals surface area contributed by atoms with E-state index in [0.717, 1.165) is 19.4 Å². The predicted molar refractivity (Wildman–Crippen MR) is 161 cm³/mol. The number of unbranched alkanes of at least 4 members (excludes halogenated alkanes) is 3. The van der Waals surface area contributed by atoms with Crippen molar-refractivity contribution in [2.75, 3.05) is 130 Å². The molecule has 0 radical (unpaired) electrons. The average molecular weight is 695 g/mol. The van der Waals surface area contributed by atoms with Crippen LogP contribution in [-0.4, -0.2) is 136 Å². The number of esters is 1. The van der Waals surface area contributed by atoms with E-state index < -0.39 is 0 Å². The van der Waals surface area contributed by atoms with E-state index in [-0.39, 0.29) is 12.6 Å². The number of carbonyl (C=O) groups is 1. The highest BCUT2D eigenvalue weighted by molar-refractivity contribution is 14.1. The summed E-state index contributed by atoms with van der Waals surface area (Å²) < 4.78 is 55.3. The molecule has 0 aliphatic carbocycles. The fraction of sp³-hybridized carbons (Fsp3) is 0.964. The highest BCUT2D eigenvalue weighted by Crippen LogP contribution is 2.02. The van der Waals surface area contributed by atoms with Gasteiger partial charge in [-0.1, -0.05) is 42.4 Å². The van der Waals surface area contributed by atoms with Gasteiger partial charge in [-0.15, -0.1) is 0 Å². The second-order valence-electron chi connectivity index (χ2n) is 8.59. The van der Waals surface area contributed by atoms with Gasteiger partial charge in [0.05, 0.1) is 112 Å². The number of hydrogen-bond acceptors (Lipinski definition) is 11. The van der Waals surface area contributed by atoms with Gasteiger partial charge in [-0.25, -0.2) is 0 Å². The molecule has 0 aromatic carbocycles. The molecule has 12 heteroatoms. The summed E-state index contributed by atoms with van der Waals surface area (Å²) in [7, 11) is 0. The first-order valence-corrected chi connectivity index (χ1v) is 16.2. The highest BCUT2D eigenvalue weighted by Gasteiger charge is 2.00. The molecule has 40 heavy (non-hydrogen) atoms. The van der Waals surface area contributed by atoms with E-state index in [2.05, 4.69) is 22.6 Å². The molecular formula is C28H55IO11. The van der Waals surface area contributed by atoms with Crippen LogP contribution in [0.2, 0.25) is 0 Å². The average Bonchev–Trinajstić information content (AvgIpc) is 2.95. The first kappa shape index (κ1) is 39.8. The maximum Gasteiger partial charge on any atom is 0.305 e. The summed E-state index contributed by atoms with van der Waals surface area (Å²) in [5, 5.41) is 0. The zero-order valence-corrected chi connectivity index (χ0v) is 26.9. The lowest BCUT2D eigenvalue weighted by Gasteiger charge is -2.09. The van der Waals surface area contributed by atoms with Gasteiger partial charge in [-0.2, -0.15) is 0 Å². The molecule has 0 rings (SSSR count). The van der Waals surface area contributed by atoms with Gasteiger partial charge in [-0.05, 0) is 23.7 Å². The van der Waals surface area contributed by atoms with Crippen LogP contribution in [0.1, 0.15) is 45.4 Å². The summed E-state index contributed by atoms with van der Waals surface area (Å²) in [6.07, 6.45) is 6.21. The third kappa shape index (κ3) is 35.9. The Bertz CT molecular complexity index is 489. The molecule has 0 bridgehead atoms. The van der Waals surface area contributed by atoms with E-state index in [1.807, 2.05) is 6.92 Å². The zero-order chi connectivity index (χ0) is 29.0. The Hall–Kier alpha value is -0.160. The highest BCUT2D eigenvalue weighted by atomic mass is 127. The molecule has 0 unspecified atom stereocenters. The predicted octanol–water partition coefficient (Wildman–Crippen LogP) is 3.47. The van der Waals surface area contributed by atoms with Crippen LogP contribution >= 0.6 is 22.6 Å². The lowest BCUT2D eigenvalue weighted by molar-refractivity contribution is -0.145. The standard InChI is InChI=1S/C28H55IO11/c1-2-7-28(30)40-27-26-39-25-24-38-23-22-37-21-20-36-19-18-35-17-16-34-15-14-33-13-12-32-11-10-31-9-6-4-3-5-8-29/h2-27H2,1H3. The summed E-state index contributed by atoms with van der Waals surface area (Å²) in [4.78, 5) is 11.2. The van der Waals surface area contributed by atoms with Crippen LogP contribution in [0.25, 0.3) is 0 Å². The van der Waals surface area contributed by atoms with Crippen molar-refractivity contribution < 1.29 is 52.2 Å². The molecule has 240 valence electrons. The molecule has 0 aromatic heterocycles. The topological polar surface area (TPSA) is 109 Å². The number of ether oxygens (including phenoxy) is 10. The van der Waals surface area contributed by atoms with Crippen LogP contribution < -0.4 is 0 Å². The maximum absolute atomic E-state index is 11.2. The number of hydrogen-bond donors (Lipinski definition) is 0. The molecule has 0 atom stereocenters. The quantitative estimate of drug-likeness (QED) is 0.0421. The van der Waals surface area contributed by atoms with Gasteiger partial charge in [0.15, 0.2) is 0 Å². The summed E-state index contributed by atoms with van der Waals surface area (Å²) in [6.45, 7) is 11.9. The van der Waals surface area contributed by atoms with Crippen molar-refractivity contribution in [3.05, 3.63) is 0 Å². The van der Waals surface area contributed by atoms with Crippen LogP contribution in [0.15, 0.2) is 0 Å². The van der Waals surface area contributed by atoms with Crippen molar-refractivity contribution in [2.24, 2.45) is 0 Å². The minimum absolute atomic E-state index is 0.184. The van der Waals surface area contributed by atoms with Crippen LogP contribution in [0.5, 0.6) is 0 Å². The van der Waals surface area contributed by atoms with E-state index in [1.54, 1.807) is 0 Å². The van der Waals surface area contributed by atoms with Crippen molar-refractivity contribution >= 4 is 28.6 Å². The van der Waals surface area contributed by atoms with Crippen molar-refractivity contribution in [3.8, 4) is 0 Å². The van der Waals surface area contributed by atoms with Gasteiger partial charge < -0.3 is 47.4 Å². The summed E-state index contributed by atoms with van der Waals surface area (Å²) >= 11 is 2.42. The molecule has 0 aliphatic heterocycles. The van der Waals surface area contributed by atoms with Crippen LogP contribution in [0.4, 0.5) is 0 Å². The van der Waals surface area contributed by atoms with Crippen molar-refractivity contribution in [1.29, 1.82) is 0 Å². The van der Waals surface area contributed by atoms with Crippen LogP contribution in [0.3, 0.4) is 0 Å². The SMILES string of the molecule is CCCC(=O)OCCOCCOCCOCCOCCOCCOCCOCCOCCOCCCCCCI. The van der Waals surface area contributed by atoms with Gasteiger partial charge in [0.2, 0.25) is 0 Å². The molecule has 0 heterocycles. The third-order valence-electron chi connectivity index (χ3n) is 5.09. The molecule has 0 aliphatic rings. The minimum atomic E-state index is -0.184.